The van der Waals surface area contributed by atoms with Crippen LogP contribution in [-0.2, 0) is 0 Å². The van der Waals surface area contributed by atoms with Gasteiger partial charge in [0.25, 0.3) is 0 Å². The first-order valence-corrected chi connectivity index (χ1v) is 12.9. The zero-order valence-corrected chi connectivity index (χ0v) is 19.4. The van der Waals surface area contributed by atoms with E-state index in [0.29, 0.717) is 6.42 Å². The molecule has 4 heteroatoms. The number of unbranched alkanes of at least 4 members (excludes halogenated alkanes) is 12. The predicted octanol–water partition coefficient (Wildman–Crippen LogP) is 8.27. The molecule has 1 aromatic carbocycles. The highest BCUT2D eigenvalue weighted by Crippen LogP contribution is 2.24. The van der Waals surface area contributed by atoms with Crippen molar-refractivity contribution in [2.24, 2.45) is 0 Å². The molecule has 162 valence electrons. The molecule has 2 aromatic rings. The van der Waals surface area contributed by atoms with Crippen LogP contribution in [0.1, 0.15) is 109 Å². The van der Waals surface area contributed by atoms with Crippen LogP contribution in [0, 0.1) is 0 Å². The molecule has 0 N–H and O–H groups in total. The fourth-order valence-corrected chi connectivity index (χ4v) is 4.63. The number of benzene rings is 1. The molecule has 0 saturated heterocycles. The van der Waals surface area contributed by atoms with E-state index in [1.807, 2.05) is 28.8 Å². The molecule has 3 nitrogen and oxygen atoms in total. The molecule has 0 radical (unpaired) electrons. The van der Waals surface area contributed by atoms with E-state index in [9.17, 15) is 4.79 Å². The molecule has 1 aromatic heterocycles. The number of nitrogens with zero attached hydrogens (tertiary/aromatic N) is 2. The lowest BCUT2D eigenvalue weighted by Gasteiger charge is -2.07. The van der Waals surface area contributed by atoms with Crippen LogP contribution < -0.4 is 0 Å². The monoisotopic (exact) mass is 416 g/mol. The van der Waals surface area contributed by atoms with Gasteiger partial charge < -0.3 is 0 Å². The second kappa shape index (κ2) is 14.7. The van der Waals surface area contributed by atoms with Crippen molar-refractivity contribution in [3.8, 4) is 0 Å². The van der Waals surface area contributed by atoms with E-state index in [4.69, 9.17) is 0 Å². The molecule has 0 spiro atoms. The van der Waals surface area contributed by atoms with Gasteiger partial charge >= 0.3 is 0 Å². The van der Waals surface area contributed by atoms with E-state index in [-0.39, 0.29) is 5.91 Å². The van der Waals surface area contributed by atoms with Crippen molar-refractivity contribution < 1.29 is 4.79 Å². The lowest BCUT2D eigenvalue weighted by molar-refractivity contribution is 0.0893. The molecule has 29 heavy (non-hydrogen) atoms. The van der Waals surface area contributed by atoms with Gasteiger partial charge in [-0.3, -0.25) is 9.36 Å². The Morgan fingerprint density at radius 3 is 1.97 bits per heavy atom. The Labute approximate surface area is 182 Å². The van der Waals surface area contributed by atoms with Gasteiger partial charge in [-0.2, -0.15) is 0 Å². The Bertz CT molecular complexity index is 710. The highest BCUT2D eigenvalue weighted by molar-refractivity contribution is 7.99. The van der Waals surface area contributed by atoms with Crippen LogP contribution in [0.25, 0.3) is 11.0 Å². The summed E-state index contributed by atoms with van der Waals surface area (Å²) < 4.78 is 1.84. The second-order valence-corrected chi connectivity index (χ2v) is 9.27. The molecule has 0 amide bonds. The lowest BCUT2D eigenvalue weighted by Crippen LogP contribution is -2.11. The summed E-state index contributed by atoms with van der Waals surface area (Å²) in [5, 5.41) is 0.841. The molecule has 0 bridgehead atoms. The van der Waals surface area contributed by atoms with Gasteiger partial charge in [0.2, 0.25) is 5.91 Å². The third kappa shape index (κ3) is 8.54. The van der Waals surface area contributed by atoms with Gasteiger partial charge in [-0.1, -0.05) is 115 Å². The number of imidazole rings is 1. The van der Waals surface area contributed by atoms with Crippen LogP contribution in [0.2, 0.25) is 0 Å². The number of hydrogen-bond acceptors (Lipinski definition) is 3. The van der Waals surface area contributed by atoms with Crippen LogP contribution in [-0.4, -0.2) is 21.2 Å². The maximum atomic E-state index is 12.8. The van der Waals surface area contributed by atoms with Crippen LogP contribution in [0.5, 0.6) is 0 Å². The largest absolute Gasteiger partial charge is 0.274 e. The third-order valence-corrected chi connectivity index (χ3v) is 6.37. The summed E-state index contributed by atoms with van der Waals surface area (Å²) in [6, 6.07) is 7.96. The van der Waals surface area contributed by atoms with Gasteiger partial charge in [-0.15, -0.1) is 0 Å². The van der Waals surface area contributed by atoms with Gasteiger partial charge in [0.1, 0.15) is 0 Å². The maximum absolute atomic E-state index is 12.8. The molecule has 0 atom stereocenters. The van der Waals surface area contributed by atoms with Crippen LogP contribution in [0.4, 0.5) is 0 Å². The third-order valence-electron chi connectivity index (χ3n) is 5.55. The molecule has 0 aliphatic heterocycles. The van der Waals surface area contributed by atoms with E-state index in [0.717, 1.165) is 34.8 Å². The lowest BCUT2D eigenvalue weighted by atomic mass is 10.0. The minimum atomic E-state index is 0.192. The van der Waals surface area contributed by atoms with Crippen molar-refractivity contribution in [3.63, 3.8) is 0 Å². The summed E-state index contributed by atoms with van der Waals surface area (Å²) in [7, 11) is 0. The molecule has 1 heterocycles. The van der Waals surface area contributed by atoms with E-state index < -0.39 is 0 Å². The molecule has 0 fully saturated rings. The number of hydrogen-bond donors (Lipinski definition) is 0. The summed E-state index contributed by atoms with van der Waals surface area (Å²) in [6.45, 7) is 4.38. The number of fused-ring (bicyclic) bond motifs is 1. The fourth-order valence-electron chi connectivity index (χ4n) is 3.88. The Morgan fingerprint density at radius 1 is 0.828 bits per heavy atom. The summed E-state index contributed by atoms with van der Waals surface area (Å²) in [4.78, 5) is 17.5. The molecule has 0 unspecified atom stereocenters. The highest BCUT2D eigenvalue weighted by atomic mass is 32.2. The average molecular weight is 417 g/mol. The number of para-hydroxylation sites is 2. The fraction of sp³-hybridized carbons (Fsp3) is 0.680. The molecule has 0 saturated carbocycles. The Kier molecular flexibility index (Phi) is 12.1. The van der Waals surface area contributed by atoms with Gasteiger partial charge in [-0.05, 0) is 24.3 Å². The first kappa shape index (κ1) is 24.0. The zero-order valence-electron chi connectivity index (χ0n) is 18.6. The highest BCUT2D eigenvalue weighted by Gasteiger charge is 2.16. The normalized spacial score (nSPS) is 11.4. The SMILES string of the molecule is CCCCCCCCCCCCCCCC(=O)n1c(SCC)nc2ccccc21. The molecule has 0 aliphatic carbocycles. The van der Waals surface area contributed by atoms with Crippen molar-refractivity contribution in [1.82, 2.24) is 9.55 Å². The standard InChI is InChI=1S/C25H40N2OS/c1-3-5-6-7-8-9-10-11-12-13-14-15-16-21-24(28)27-23-20-18-17-19-22(23)26-25(27)29-4-2/h17-20H,3-16,21H2,1-2H3. The number of aromatic nitrogens is 2. The van der Waals surface area contributed by atoms with Crippen molar-refractivity contribution in [2.45, 2.75) is 109 Å². The molecular formula is C25H40N2OS. The minimum absolute atomic E-state index is 0.192. The number of carbonyl (C=O) groups is 1. The second-order valence-electron chi connectivity index (χ2n) is 8.04. The summed E-state index contributed by atoms with van der Waals surface area (Å²) in [6.07, 6.45) is 17.9. The number of carbonyl (C=O) groups excluding carboxylic acids is 1. The quantitative estimate of drug-likeness (QED) is 0.204. The van der Waals surface area contributed by atoms with Gasteiger partial charge in [0, 0.05) is 6.42 Å². The van der Waals surface area contributed by atoms with Crippen molar-refractivity contribution in [3.05, 3.63) is 24.3 Å². The van der Waals surface area contributed by atoms with Crippen molar-refractivity contribution in [1.29, 1.82) is 0 Å². The van der Waals surface area contributed by atoms with Crippen LogP contribution >= 0.6 is 11.8 Å². The van der Waals surface area contributed by atoms with Gasteiger partial charge in [0.15, 0.2) is 5.16 Å². The van der Waals surface area contributed by atoms with Crippen LogP contribution in [0.3, 0.4) is 0 Å². The Hall–Kier alpha value is -1.29. The first-order valence-electron chi connectivity index (χ1n) is 11.9. The minimum Gasteiger partial charge on any atom is -0.274 e. The number of rotatable bonds is 16. The number of thioether (sulfide) groups is 1. The Balaban J connectivity index is 1.59. The van der Waals surface area contributed by atoms with Crippen molar-refractivity contribution in [2.75, 3.05) is 5.75 Å². The smallest absolute Gasteiger partial charge is 0.233 e. The Morgan fingerprint density at radius 2 is 1.38 bits per heavy atom. The molecule has 0 aliphatic rings. The van der Waals surface area contributed by atoms with E-state index in [1.165, 1.54) is 70.6 Å². The van der Waals surface area contributed by atoms with Crippen molar-refractivity contribution >= 4 is 28.7 Å². The van der Waals surface area contributed by atoms with Gasteiger partial charge in [-0.25, -0.2) is 4.98 Å². The molecule has 2 rings (SSSR count). The maximum Gasteiger partial charge on any atom is 0.233 e. The van der Waals surface area contributed by atoms with Crippen LogP contribution in [0.15, 0.2) is 29.4 Å². The zero-order chi connectivity index (χ0) is 20.7. The predicted molar refractivity (Wildman–Crippen MR) is 127 cm³/mol. The topological polar surface area (TPSA) is 34.9 Å². The summed E-state index contributed by atoms with van der Waals surface area (Å²) in [5.74, 6) is 1.12. The molecular weight excluding hydrogens is 376 g/mol. The summed E-state index contributed by atoms with van der Waals surface area (Å²) in [5.41, 5.74) is 1.87. The van der Waals surface area contributed by atoms with Gasteiger partial charge in [0.05, 0.1) is 11.0 Å². The van der Waals surface area contributed by atoms with E-state index in [1.54, 1.807) is 11.8 Å². The first-order chi connectivity index (χ1) is 14.3. The van der Waals surface area contributed by atoms with E-state index in [2.05, 4.69) is 18.8 Å². The van der Waals surface area contributed by atoms with E-state index >= 15 is 0 Å². The summed E-state index contributed by atoms with van der Waals surface area (Å²) >= 11 is 1.65. The average Bonchev–Trinajstić information content (AvgIpc) is 3.09.